The minimum Gasteiger partial charge on any atom is -0.497 e. The number of nitrogens with one attached hydrogen (secondary N) is 2. The lowest BCUT2D eigenvalue weighted by Crippen LogP contribution is -2.20. The van der Waals surface area contributed by atoms with E-state index in [1.807, 2.05) is 60.7 Å². The second-order valence-electron chi connectivity index (χ2n) is 7.83. The Morgan fingerprint density at radius 3 is 1.89 bits per heavy atom. The molecule has 0 heterocycles. The van der Waals surface area contributed by atoms with Crippen LogP contribution < -0.4 is 20.1 Å². The molecule has 0 aliphatic carbocycles. The Morgan fingerprint density at radius 1 is 0.694 bits per heavy atom. The first kappa shape index (κ1) is 24.3. The summed E-state index contributed by atoms with van der Waals surface area (Å²) in [5, 5.41) is 5.48. The van der Waals surface area contributed by atoms with Crippen LogP contribution in [0, 0.1) is 0 Å². The van der Waals surface area contributed by atoms with E-state index >= 15 is 0 Å². The van der Waals surface area contributed by atoms with E-state index in [-0.39, 0.29) is 5.56 Å². The monoisotopic (exact) mass is 482 g/mol. The second-order valence-corrected chi connectivity index (χ2v) is 7.83. The maximum absolute atomic E-state index is 12.6. The van der Waals surface area contributed by atoms with Crippen molar-refractivity contribution in [1.29, 1.82) is 0 Å². The summed E-state index contributed by atoms with van der Waals surface area (Å²) in [6, 6.07) is 30.8. The van der Waals surface area contributed by atoms with Gasteiger partial charge in [0.1, 0.15) is 23.2 Å². The van der Waals surface area contributed by atoms with Gasteiger partial charge in [-0.1, -0.05) is 66.7 Å². The van der Waals surface area contributed by atoms with Gasteiger partial charge in [0.05, 0.1) is 14.2 Å². The molecular weight excluding hydrogens is 456 g/mol. The number of carbonyl (C=O) groups excluding carboxylic acids is 2. The van der Waals surface area contributed by atoms with Crippen LogP contribution in [0.5, 0.6) is 11.5 Å². The smallest absolute Gasteiger partial charge is 0.341 e. The van der Waals surface area contributed by atoms with Gasteiger partial charge in [-0.05, 0) is 41.5 Å². The van der Waals surface area contributed by atoms with E-state index in [0.29, 0.717) is 22.9 Å². The fourth-order valence-electron chi connectivity index (χ4n) is 3.69. The molecule has 0 bridgehead atoms. The van der Waals surface area contributed by atoms with Crippen molar-refractivity contribution in [2.75, 3.05) is 24.9 Å². The molecule has 0 aliphatic rings. The van der Waals surface area contributed by atoms with Crippen molar-refractivity contribution in [3.8, 4) is 11.5 Å². The zero-order valence-electron chi connectivity index (χ0n) is 19.9. The molecule has 7 heteroatoms. The van der Waals surface area contributed by atoms with Crippen molar-refractivity contribution in [3.05, 3.63) is 120 Å². The molecule has 0 atom stereocenters. The number of rotatable bonds is 8. The zero-order chi connectivity index (χ0) is 25.3. The minimum atomic E-state index is -0.582. The minimum absolute atomic E-state index is 0.188. The maximum atomic E-state index is 12.6. The number of amides is 2. The highest BCUT2D eigenvalue weighted by molar-refractivity contribution is 6.01. The summed E-state index contributed by atoms with van der Waals surface area (Å²) in [7, 11) is 2.85. The van der Waals surface area contributed by atoms with E-state index in [1.54, 1.807) is 43.5 Å². The molecule has 0 radical (unpaired) electrons. The largest absolute Gasteiger partial charge is 0.497 e. The van der Waals surface area contributed by atoms with Crippen LogP contribution >= 0.6 is 0 Å². The van der Waals surface area contributed by atoms with Gasteiger partial charge < -0.3 is 24.8 Å². The Balaban J connectivity index is 1.59. The lowest BCUT2D eigenvalue weighted by atomic mass is 10.0. The summed E-state index contributed by atoms with van der Waals surface area (Å²) in [4.78, 5) is 25.2. The van der Waals surface area contributed by atoms with Gasteiger partial charge in [0.25, 0.3) is 0 Å². The molecule has 0 unspecified atom stereocenters. The summed E-state index contributed by atoms with van der Waals surface area (Å²) in [5.74, 6) is 0.369. The zero-order valence-corrected chi connectivity index (χ0v) is 19.9. The van der Waals surface area contributed by atoms with Crippen LogP contribution in [0.4, 0.5) is 16.2 Å². The molecule has 4 rings (SSSR count). The van der Waals surface area contributed by atoms with Gasteiger partial charge in [-0.25, -0.2) is 9.59 Å². The number of benzene rings is 4. The molecule has 4 aromatic carbocycles. The number of hydrogen-bond donors (Lipinski definition) is 2. The number of hydrogen-bond acceptors (Lipinski definition) is 5. The van der Waals surface area contributed by atoms with Gasteiger partial charge in [-0.3, -0.25) is 0 Å². The van der Waals surface area contributed by atoms with Crippen LogP contribution in [-0.2, 0) is 4.74 Å². The van der Waals surface area contributed by atoms with Crippen LogP contribution in [0.1, 0.15) is 27.6 Å². The first-order valence-corrected chi connectivity index (χ1v) is 11.3. The van der Waals surface area contributed by atoms with Crippen molar-refractivity contribution >= 4 is 23.4 Å². The van der Waals surface area contributed by atoms with Crippen molar-refractivity contribution < 1.29 is 23.8 Å². The van der Waals surface area contributed by atoms with E-state index < -0.39 is 18.1 Å². The molecule has 0 aliphatic heterocycles. The number of carbonyl (C=O) groups is 2. The summed E-state index contributed by atoms with van der Waals surface area (Å²) in [5.41, 5.74) is 3.01. The molecule has 7 nitrogen and oxygen atoms in total. The Morgan fingerprint density at radius 2 is 1.31 bits per heavy atom. The van der Waals surface area contributed by atoms with Crippen LogP contribution in [0.15, 0.2) is 103 Å². The summed E-state index contributed by atoms with van der Waals surface area (Å²) < 4.78 is 16.5. The maximum Gasteiger partial charge on any atom is 0.341 e. The van der Waals surface area contributed by atoms with Gasteiger partial charge in [0, 0.05) is 17.4 Å². The third kappa shape index (κ3) is 6.01. The van der Waals surface area contributed by atoms with Crippen molar-refractivity contribution in [1.82, 2.24) is 0 Å². The Hall–Kier alpha value is -4.78. The normalized spacial score (nSPS) is 10.4. The Bertz CT molecular complexity index is 1290. The van der Waals surface area contributed by atoms with Crippen LogP contribution in [-0.4, -0.2) is 26.2 Å². The molecule has 36 heavy (non-hydrogen) atoms. The number of ether oxygens (including phenoxy) is 3. The summed E-state index contributed by atoms with van der Waals surface area (Å²) >= 11 is 0. The topological polar surface area (TPSA) is 85.9 Å². The third-order valence-corrected chi connectivity index (χ3v) is 5.42. The lowest BCUT2D eigenvalue weighted by Gasteiger charge is -2.22. The molecule has 0 aromatic heterocycles. The predicted octanol–water partition coefficient (Wildman–Crippen LogP) is 6.29. The molecule has 0 fully saturated rings. The van der Waals surface area contributed by atoms with Crippen LogP contribution in [0.25, 0.3) is 0 Å². The van der Waals surface area contributed by atoms with E-state index in [4.69, 9.17) is 14.2 Å². The van der Waals surface area contributed by atoms with Gasteiger partial charge in [-0.2, -0.15) is 0 Å². The number of methoxy groups -OCH3 is 2. The average Bonchev–Trinajstić information content (AvgIpc) is 2.92. The standard InChI is InChI=1S/C29H26N2O5/c1-34-24-15-9-14-22(18-24)30-29(33)31-23-16-17-26(25(19-23)28(32)35-2)36-27(20-10-5-3-6-11-20)21-12-7-4-8-13-21/h3-19,27H,1-2H3,(H2,30,31,33). The van der Waals surface area contributed by atoms with Crippen LogP contribution in [0.2, 0.25) is 0 Å². The number of urea groups is 1. The molecule has 0 spiro atoms. The third-order valence-electron chi connectivity index (χ3n) is 5.42. The molecular formula is C29H26N2O5. The fourth-order valence-corrected chi connectivity index (χ4v) is 3.69. The van der Waals surface area contributed by atoms with E-state index in [1.165, 1.54) is 13.2 Å². The van der Waals surface area contributed by atoms with Gasteiger partial charge in [-0.15, -0.1) is 0 Å². The molecule has 0 saturated heterocycles. The first-order chi connectivity index (χ1) is 17.6. The average molecular weight is 483 g/mol. The molecule has 182 valence electrons. The number of anilines is 2. The van der Waals surface area contributed by atoms with Gasteiger partial charge in [0.2, 0.25) is 0 Å². The molecule has 2 N–H and O–H groups in total. The van der Waals surface area contributed by atoms with E-state index in [0.717, 1.165) is 11.1 Å². The Kier molecular flexibility index (Phi) is 7.83. The molecule has 4 aromatic rings. The fraction of sp³-hybridized carbons (Fsp3) is 0.103. The van der Waals surface area contributed by atoms with Crippen molar-refractivity contribution in [2.24, 2.45) is 0 Å². The van der Waals surface area contributed by atoms with E-state index in [9.17, 15) is 9.59 Å². The highest BCUT2D eigenvalue weighted by atomic mass is 16.5. The van der Waals surface area contributed by atoms with E-state index in [2.05, 4.69) is 10.6 Å². The summed E-state index contributed by atoms with van der Waals surface area (Å²) in [6.07, 6.45) is -0.453. The second kappa shape index (κ2) is 11.6. The lowest BCUT2D eigenvalue weighted by molar-refractivity contribution is 0.0594. The highest BCUT2D eigenvalue weighted by Crippen LogP contribution is 2.32. The summed E-state index contributed by atoms with van der Waals surface area (Å²) in [6.45, 7) is 0. The predicted molar refractivity (Wildman–Crippen MR) is 139 cm³/mol. The molecule has 2 amide bonds. The molecule has 0 saturated carbocycles. The van der Waals surface area contributed by atoms with Crippen molar-refractivity contribution in [2.45, 2.75) is 6.10 Å². The van der Waals surface area contributed by atoms with Gasteiger partial charge >= 0.3 is 12.0 Å². The van der Waals surface area contributed by atoms with Crippen LogP contribution in [0.3, 0.4) is 0 Å². The number of esters is 1. The quantitative estimate of drug-likeness (QED) is 0.288. The van der Waals surface area contributed by atoms with Gasteiger partial charge in [0.15, 0.2) is 0 Å². The SMILES string of the molecule is COC(=O)c1cc(NC(=O)Nc2cccc(OC)c2)ccc1OC(c1ccccc1)c1ccccc1. The first-order valence-electron chi connectivity index (χ1n) is 11.3. The Labute approximate surface area is 209 Å². The van der Waals surface area contributed by atoms with Crippen molar-refractivity contribution in [3.63, 3.8) is 0 Å². The highest BCUT2D eigenvalue weighted by Gasteiger charge is 2.21.